The van der Waals surface area contributed by atoms with Crippen LogP contribution in [0.1, 0.15) is 20.3 Å². The van der Waals surface area contributed by atoms with Crippen molar-refractivity contribution in [3.63, 3.8) is 0 Å². The van der Waals surface area contributed by atoms with Gasteiger partial charge in [-0.1, -0.05) is 48.1 Å². The van der Waals surface area contributed by atoms with Crippen molar-refractivity contribution in [2.24, 2.45) is 0 Å². The van der Waals surface area contributed by atoms with Gasteiger partial charge in [0.2, 0.25) is 5.13 Å². The Balaban J connectivity index is 1.84. The Morgan fingerprint density at radius 1 is 1.38 bits per heavy atom. The number of hydrogen-bond acceptors (Lipinski definition) is 5. The van der Waals surface area contributed by atoms with Gasteiger partial charge in [-0.15, -0.1) is 10.2 Å². The molecule has 112 valence electrons. The molecule has 0 amide bonds. The summed E-state index contributed by atoms with van der Waals surface area (Å²) in [5.41, 5.74) is 0.837. The van der Waals surface area contributed by atoms with Crippen molar-refractivity contribution in [3.05, 3.63) is 29.3 Å². The molecule has 0 spiro atoms. The predicted octanol–water partition coefficient (Wildman–Crippen LogP) is 3.86. The average molecular weight is 324 g/mol. The van der Waals surface area contributed by atoms with Crippen LogP contribution in [0.4, 0.5) is 5.13 Å². The first-order valence-corrected chi connectivity index (χ1v) is 8.28. The summed E-state index contributed by atoms with van der Waals surface area (Å²) in [5, 5.41) is 11.1. The number of halogens is 1. The van der Waals surface area contributed by atoms with Crippen molar-refractivity contribution in [2.75, 3.05) is 24.6 Å². The van der Waals surface area contributed by atoms with Crippen molar-refractivity contribution in [1.29, 1.82) is 0 Å². The number of aromatic nitrogens is 2. The van der Waals surface area contributed by atoms with Crippen LogP contribution in [0.15, 0.2) is 24.3 Å². The second kappa shape index (κ2) is 5.91. The number of anilines is 1. The molecule has 1 saturated heterocycles. The van der Waals surface area contributed by atoms with E-state index in [0.717, 1.165) is 41.8 Å². The molecular formula is C15H18ClN3OS. The zero-order chi connectivity index (χ0) is 14.9. The van der Waals surface area contributed by atoms with Gasteiger partial charge in [-0.05, 0) is 19.4 Å². The van der Waals surface area contributed by atoms with Crippen LogP contribution in [0, 0.1) is 0 Å². The minimum atomic E-state index is -0.103. The van der Waals surface area contributed by atoms with E-state index in [0.29, 0.717) is 5.02 Å². The van der Waals surface area contributed by atoms with Gasteiger partial charge in [-0.25, -0.2) is 0 Å². The molecule has 0 saturated carbocycles. The fourth-order valence-electron chi connectivity index (χ4n) is 2.39. The van der Waals surface area contributed by atoms with Gasteiger partial charge in [0, 0.05) is 18.7 Å². The zero-order valence-electron chi connectivity index (χ0n) is 12.2. The molecule has 0 aliphatic carbocycles. The van der Waals surface area contributed by atoms with Gasteiger partial charge in [0.1, 0.15) is 0 Å². The van der Waals surface area contributed by atoms with Crippen molar-refractivity contribution in [2.45, 2.75) is 25.9 Å². The Bertz CT molecular complexity index is 633. The molecule has 4 nitrogen and oxygen atoms in total. The minimum Gasteiger partial charge on any atom is -0.372 e. The fraction of sp³-hybridized carbons (Fsp3) is 0.467. The number of morpholine rings is 1. The molecule has 2 heterocycles. The van der Waals surface area contributed by atoms with Crippen LogP contribution in [-0.4, -0.2) is 35.5 Å². The van der Waals surface area contributed by atoms with E-state index in [1.807, 2.05) is 24.3 Å². The first-order chi connectivity index (χ1) is 10.1. The number of nitrogens with zero attached hydrogens (tertiary/aromatic N) is 3. The molecule has 21 heavy (non-hydrogen) atoms. The molecule has 1 unspecified atom stereocenters. The van der Waals surface area contributed by atoms with E-state index in [-0.39, 0.29) is 5.60 Å². The molecule has 1 fully saturated rings. The molecule has 1 atom stereocenters. The number of benzene rings is 1. The summed E-state index contributed by atoms with van der Waals surface area (Å²) in [4.78, 5) is 2.25. The van der Waals surface area contributed by atoms with Crippen LogP contribution in [0.3, 0.4) is 0 Å². The summed E-state index contributed by atoms with van der Waals surface area (Å²) >= 11 is 7.81. The first kappa shape index (κ1) is 14.8. The lowest BCUT2D eigenvalue weighted by molar-refractivity contribution is -0.0441. The van der Waals surface area contributed by atoms with E-state index in [1.165, 1.54) is 0 Å². The highest BCUT2D eigenvalue weighted by Gasteiger charge is 2.31. The summed E-state index contributed by atoms with van der Waals surface area (Å²) in [5.74, 6) is 0. The molecule has 6 heteroatoms. The summed E-state index contributed by atoms with van der Waals surface area (Å²) < 4.78 is 5.87. The lowest BCUT2D eigenvalue weighted by atomic mass is 10.0. The Morgan fingerprint density at radius 2 is 2.19 bits per heavy atom. The van der Waals surface area contributed by atoms with Gasteiger partial charge in [-0.3, -0.25) is 0 Å². The average Bonchev–Trinajstić information content (AvgIpc) is 2.97. The smallest absolute Gasteiger partial charge is 0.208 e. The summed E-state index contributed by atoms with van der Waals surface area (Å²) in [6.45, 7) is 6.73. The molecule has 0 bridgehead atoms. The highest BCUT2D eigenvalue weighted by atomic mass is 35.5. The summed E-state index contributed by atoms with van der Waals surface area (Å²) in [6, 6.07) is 7.73. The molecule has 0 N–H and O–H groups in total. The van der Waals surface area contributed by atoms with Crippen LogP contribution in [0.5, 0.6) is 0 Å². The van der Waals surface area contributed by atoms with E-state index in [2.05, 4.69) is 28.9 Å². The van der Waals surface area contributed by atoms with Gasteiger partial charge >= 0.3 is 0 Å². The van der Waals surface area contributed by atoms with E-state index < -0.39 is 0 Å². The molecule has 1 aliphatic heterocycles. The third-order valence-electron chi connectivity index (χ3n) is 3.87. The predicted molar refractivity (Wildman–Crippen MR) is 87.2 cm³/mol. The van der Waals surface area contributed by atoms with E-state index in [1.54, 1.807) is 11.3 Å². The summed E-state index contributed by atoms with van der Waals surface area (Å²) in [6.07, 6.45) is 0.986. The molecular weight excluding hydrogens is 306 g/mol. The van der Waals surface area contributed by atoms with Crippen molar-refractivity contribution >= 4 is 28.1 Å². The van der Waals surface area contributed by atoms with Gasteiger partial charge < -0.3 is 9.64 Å². The van der Waals surface area contributed by atoms with E-state index >= 15 is 0 Å². The van der Waals surface area contributed by atoms with Crippen molar-refractivity contribution in [1.82, 2.24) is 10.2 Å². The maximum Gasteiger partial charge on any atom is 0.208 e. The molecule has 3 rings (SSSR count). The standard InChI is InChI=1S/C15H18ClN3OS/c1-3-15(2)10-19(8-9-20-15)14-18-17-13(21-14)11-6-4-5-7-12(11)16/h4-7H,3,8-10H2,1-2H3. The normalized spacial score (nSPS) is 22.5. The van der Waals surface area contributed by atoms with Crippen molar-refractivity contribution < 1.29 is 4.74 Å². The maximum atomic E-state index is 6.23. The topological polar surface area (TPSA) is 38.2 Å². The monoisotopic (exact) mass is 323 g/mol. The number of rotatable bonds is 3. The van der Waals surface area contributed by atoms with Crippen LogP contribution in [0.2, 0.25) is 5.02 Å². The Kier molecular flexibility index (Phi) is 4.15. The van der Waals surface area contributed by atoms with Gasteiger partial charge in [0.15, 0.2) is 5.01 Å². The Labute approximate surface area is 133 Å². The molecule has 1 aliphatic rings. The van der Waals surface area contributed by atoms with E-state index in [4.69, 9.17) is 16.3 Å². The Morgan fingerprint density at radius 3 is 2.95 bits per heavy atom. The molecule has 1 aromatic carbocycles. The van der Waals surface area contributed by atoms with Crippen LogP contribution < -0.4 is 4.90 Å². The molecule has 0 radical (unpaired) electrons. The lowest BCUT2D eigenvalue weighted by Gasteiger charge is -2.39. The third kappa shape index (κ3) is 3.05. The highest BCUT2D eigenvalue weighted by molar-refractivity contribution is 7.18. The molecule has 2 aromatic rings. The number of hydrogen-bond donors (Lipinski definition) is 0. The van der Waals surface area contributed by atoms with Gasteiger partial charge in [-0.2, -0.15) is 0 Å². The van der Waals surface area contributed by atoms with Crippen LogP contribution in [-0.2, 0) is 4.74 Å². The quantitative estimate of drug-likeness (QED) is 0.859. The second-order valence-electron chi connectivity index (χ2n) is 5.44. The van der Waals surface area contributed by atoms with Crippen LogP contribution in [0.25, 0.3) is 10.6 Å². The minimum absolute atomic E-state index is 0.103. The second-order valence-corrected chi connectivity index (χ2v) is 6.81. The SMILES string of the molecule is CCC1(C)CN(c2nnc(-c3ccccc3Cl)s2)CCO1. The zero-order valence-corrected chi connectivity index (χ0v) is 13.7. The third-order valence-corrected chi connectivity index (χ3v) is 5.22. The Hall–Kier alpha value is -1.17. The van der Waals surface area contributed by atoms with Gasteiger partial charge in [0.25, 0.3) is 0 Å². The lowest BCUT2D eigenvalue weighted by Crippen LogP contribution is -2.49. The number of ether oxygens (including phenoxy) is 1. The van der Waals surface area contributed by atoms with Crippen LogP contribution >= 0.6 is 22.9 Å². The summed E-state index contributed by atoms with van der Waals surface area (Å²) in [7, 11) is 0. The van der Waals surface area contributed by atoms with Crippen molar-refractivity contribution in [3.8, 4) is 10.6 Å². The molecule has 1 aromatic heterocycles. The first-order valence-electron chi connectivity index (χ1n) is 7.08. The highest BCUT2D eigenvalue weighted by Crippen LogP contribution is 2.34. The maximum absolute atomic E-state index is 6.23. The van der Waals surface area contributed by atoms with E-state index in [9.17, 15) is 0 Å². The fourth-order valence-corrected chi connectivity index (χ4v) is 3.58. The largest absolute Gasteiger partial charge is 0.372 e. The van der Waals surface area contributed by atoms with Gasteiger partial charge in [0.05, 0.1) is 17.2 Å².